The van der Waals surface area contributed by atoms with Gasteiger partial charge in [0.2, 0.25) is 5.95 Å². The van der Waals surface area contributed by atoms with Crippen molar-refractivity contribution in [2.24, 2.45) is 0 Å². The largest absolute Gasteiger partial charge is 0.324 e. The van der Waals surface area contributed by atoms with Crippen molar-refractivity contribution in [1.82, 2.24) is 19.4 Å². The molecule has 1 aromatic carbocycles. The van der Waals surface area contributed by atoms with Gasteiger partial charge in [0, 0.05) is 24.3 Å². The molecule has 0 aliphatic rings. The minimum Gasteiger partial charge on any atom is -0.324 e. The first-order chi connectivity index (χ1) is 13.2. The van der Waals surface area contributed by atoms with Gasteiger partial charge in [-0.1, -0.05) is 24.3 Å². The first kappa shape index (κ1) is 16.4. The molecular formula is C19H14N6O2. The Balaban J connectivity index is 1.52. The van der Waals surface area contributed by atoms with E-state index in [1.165, 1.54) is 23.0 Å². The van der Waals surface area contributed by atoms with Gasteiger partial charge in [0.15, 0.2) is 0 Å². The number of para-hydroxylation sites is 1. The fraction of sp³-hybridized carbons (Fsp3) is 0. The Labute approximate surface area is 153 Å². The molecule has 3 aromatic heterocycles. The molecule has 0 unspecified atom stereocenters. The summed E-state index contributed by atoms with van der Waals surface area (Å²) in [6.07, 6.45) is 5.70. The molecule has 0 radical (unpaired) electrons. The number of anilines is 3. The first-order valence-corrected chi connectivity index (χ1v) is 8.12. The zero-order valence-electron chi connectivity index (χ0n) is 14.0. The molecule has 0 spiro atoms. The number of nitrogens with one attached hydrogen (secondary N) is 2. The summed E-state index contributed by atoms with van der Waals surface area (Å²) in [5.74, 6) is -0.124. The average molecular weight is 358 g/mol. The van der Waals surface area contributed by atoms with Crippen molar-refractivity contribution in [2.75, 3.05) is 10.6 Å². The molecule has 3 heterocycles. The summed E-state index contributed by atoms with van der Waals surface area (Å²) in [6, 6.07) is 14.6. The van der Waals surface area contributed by atoms with Crippen molar-refractivity contribution in [1.29, 1.82) is 0 Å². The third kappa shape index (κ3) is 3.49. The number of amides is 1. The molecule has 2 N–H and O–H groups in total. The Morgan fingerprint density at radius 3 is 2.41 bits per heavy atom. The molecule has 8 heteroatoms. The number of nitrogens with zero attached hydrogens (tertiary/aromatic N) is 4. The number of carbonyl (C=O) groups excluding carboxylic acids is 1. The van der Waals surface area contributed by atoms with E-state index in [4.69, 9.17) is 0 Å². The number of hydrogen-bond acceptors (Lipinski definition) is 6. The van der Waals surface area contributed by atoms with E-state index < -0.39 is 5.91 Å². The van der Waals surface area contributed by atoms with Crippen molar-refractivity contribution in [3.05, 3.63) is 89.2 Å². The summed E-state index contributed by atoms with van der Waals surface area (Å²) in [5, 5.41) is 5.58. The Bertz CT molecular complexity index is 1160. The van der Waals surface area contributed by atoms with Crippen LogP contribution in [-0.4, -0.2) is 25.3 Å². The number of rotatable bonds is 4. The molecule has 1 amide bonds. The highest BCUT2D eigenvalue weighted by Gasteiger charge is 2.11. The fourth-order valence-electron chi connectivity index (χ4n) is 2.47. The maximum atomic E-state index is 12.4. The third-order valence-corrected chi connectivity index (χ3v) is 3.81. The van der Waals surface area contributed by atoms with E-state index in [0.717, 1.165) is 5.69 Å². The Kier molecular flexibility index (Phi) is 4.28. The van der Waals surface area contributed by atoms with Gasteiger partial charge >= 0.3 is 0 Å². The summed E-state index contributed by atoms with van der Waals surface area (Å²) in [7, 11) is 0. The van der Waals surface area contributed by atoms with Gasteiger partial charge in [0.25, 0.3) is 11.5 Å². The second kappa shape index (κ2) is 7.04. The predicted molar refractivity (Wildman–Crippen MR) is 101 cm³/mol. The van der Waals surface area contributed by atoms with Crippen LogP contribution >= 0.6 is 0 Å². The number of aromatic nitrogens is 4. The van der Waals surface area contributed by atoms with Gasteiger partial charge in [-0.15, -0.1) is 0 Å². The van der Waals surface area contributed by atoms with E-state index in [-0.39, 0.29) is 16.8 Å². The summed E-state index contributed by atoms with van der Waals surface area (Å²) < 4.78 is 1.36. The minimum atomic E-state index is -0.490. The smallest absolute Gasteiger partial charge is 0.281 e. The predicted octanol–water partition coefficient (Wildman–Crippen LogP) is 2.48. The zero-order valence-corrected chi connectivity index (χ0v) is 14.0. The van der Waals surface area contributed by atoms with Gasteiger partial charge in [0.1, 0.15) is 11.3 Å². The number of hydrogen-bond donors (Lipinski definition) is 2. The van der Waals surface area contributed by atoms with Crippen molar-refractivity contribution in [2.45, 2.75) is 0 Å². The van der Waals surface area contributed by atoms with E-state index in [9.17, 15) is 9.59 Å². The molecule has 0 aliphatic heterocycles. The maximum Gasteiger partial charge on any atom is 0.281 e. The van der Waals surface area contributed by atoms with Gasteiger partial charge in [-0.3, -0.25) is 14.0 Å². The average Bonchev–Trinajstić information content (AvgIpc) is 2.71. The van der Waals surface area contributed by atoms with Crippen LogP contribution < -0.4 is 16.2 Å². The van der Waals surface area contributed by atoms with E-state index in [0.29, 0.717) is 11.6 Å². The second-order valence-corrected chi connectivity index (χ2v) is 5.65. The molecule has 4 aromatic rings. The van der Waals surface area contributed by atoms with Gasteiger partial charge in [-0.2, -0.15) is 0 Å². The molecule has 0 saturated heterocycles. The summed E-state index contributed by atoms with van der Waals surface area (Å²) in [5.41, 5.74) is 1.28. The number of carbonyl (C=O) groups is 1. The highest BCUT2D eigenvalue weighted by molar-refractivity contribution is 6.03. The summed E-state index contributed by atoms with van der Waals surface area (Å²) in [4.78, 5) is 37.2. The second-order valence-electron chi connectivity index (χ2n) is 5.65. The quantitative estimate of drug-likeness (QED) is 0.581. The molecule has 0 atom stereocenters. The third-order valence-electron chi connectivity index (χ3n) is 3.81. The molecule has 0 aliphatic carbocycles. The van der Waals surface area contributed by atoms with Crippen LogP contribution in [0.1, 0.15) is 10.4 Å². The van der Waals surface area contributed by atoms with Gasteiger partial charge < -0.3 is 10.6 Å². The monoisotopic (exact) mass is 358 g/mol. The SMILES string of the molecule is O=C(Nc1cnc2ccccn2c1=O)c1cnc(Nc2ccccc2)nc1. The minimum absolute atomic E-state index is 0.0789. The van der Waals surface area contributed by atoms with Gasteiger partial charge in [0.05, 0.1) is 11.8 Å². The van der Waals surface area contributed by atoms with Crippen molar-refractivity contribution < 1.29 is 4.79 Å². The van der Waals surface area contributed by atoms with Crippen LogP contribution in [0.5, 0.6) is 0 Å². The van der Waals surface area contributed by atoms with Crippen molar-refractivity contribution in [3.8, 4) is 0 Å². The van der Waals surface area contributed by atoms with Crippen LogP contribution in [0, 0.1) is 0 Å². The van der Waals surface area contributed by atoms with Crippen molar-refractivity contribution >= 4 is 28.9 Å². The highest BCUT2D eigenvalue weighted by Crippen LogP contribution is 2.12. The normalized spacial score (nSPS) is 10.5. The molecule has 4 rings (SSSR count). The standard InChI is InChI=1S/C19H14N6O2/c26-17(24-15-12-20-16-8-4-5-9-25(16)18(15)27)13-10-21-19(22-11-13)23-14-6-2-1-3-7-14/h1-12H,(H,24,26)(H,21,22,23). The number of pyridine rings is 1. The van der Waals surface area contributed by atoms with Crippen LogP contribution in [0.4, 0.5) is 17.3 Å². The van der Waals surface area contributed by atoms with E-state index >= 15 is 0 Å². The summed E-state index contributed by atoms with van der Waals surface area (Å²) >= 11 is 0. The van der Waals surface area contributed by atoms with E-state index in [2.05, 4.69) is 25.6 Å². The maximum absolute atomic E-state index is 12.4. The molecular weight excluding hydrogens is 344 g/mol. The molecule has 0 fully saturated rings. The topological polar surface area (TPSA) is 101 Å². The summed E-state index contributed by atoms with van der Waals surface area (Å²) in [6.45, 7) is 0. The fourth-order valence-corrected chi connectivity index (χ4v) is 2.47. The first-order valence-electron chi connectivity index (χ1n) is 8.12. The lowest BCUT2D eigenvalue weighted by Crippen LogP contribution is -2.23. The Hall–Kier alpha value is -4.07. The highest BCUT2D eigenvalue weighted by atomic mass is 16.2. The van der Waals surface area contributed by atoms with E-state index in [1.807, 2.05) is 30.3 Å². The van der Waals surface area contributed by atoms with Crippen molar-refractivity contribution in [3.63, 3.8) is 0 Å². The molecule has 0 bridgehead atoms. The lowest BCUT2D eigenvalue weighted by Gasteiger charge is -2.07. The molecule has 8 nitrogen and oxygen atoms in total. The lowest BCUT2D eigenvalue weighted by molar-refractivity contribution is 0.102. The Morgan fingerprint density at radius 2 is 1.63 bits per heavy atom. The van der Waals surface area contributed by atoms with Crippen LogP contribution in [0.25, 0.3) is 5.65 Å². The molecule has 132 valence electrons. The lowest BCUT2D eigenvalue weighted by atomic mass is 10.3. The van der Waals surface area contributed by atoms with E-state index in [1.54, 1.807) is 24.4 Å². The number of benzene rings is 1. The Morgan fingerprint density at radius 1 is 0.889 bits per heavy atom. The van der Waals surface area contributed by atoms with Crippen LogP contribution in [0.15, 0.2) is 78.1 Å². The van der Waals surface area contributed by atoms with Gasteiger partial charge in [-0.25, -0.2) is 15.0 Å². The molecule has 0 saturated carbocycles. The van der Waals surface area contributed by atoms with Crippen LogP contribution in [0.2, 0.25) is 0 Å². The molecule has 27 heavy (non-hydrogen) atoms. The van der Waals surface area contributed by atoms with Crippen LogP contribution in [0.3, 0.4) is 0 Å². The zero-order chi connectivity index (χ0) is 18.6. The van der Waals surface area contributed by atoms with Gasteiger partial charge in [-0.05, 0) is 24.3 Å². The van der Waals surface area contributed by atoms with Crippen LogP contribution in [-0.2, 0) is 0 Å². The number of fused-ring (bicyclic) bond motifs is 1.